The molecule has 1 atom stereocenters. The summed E-state index contributed by atoms with van der Waals surface area (Å²) in [6.45, 7) is 5.88. The van der Waals surface area contributed by atoms with Gasteiger partial charge in [0.2, 0.25) is 0 Å². The molecule has 1 aromatic rings. The van der Waals surface area contributed by atoms with E-state index in [0.29, 0.717) is 24.5 Å². The molecule has 0 saturated heterocycles. The summed E-state index contributed by atoms with van der Waals surface area (Å²) in [6.07, 6.45) is -2.77. The molecule has 0 bridgehead atoms. The SMILES string of the molecule is CN=C(NCC(C)(C)c1cccc(C(F)(F)F)c1)NC(C)CCS(C)(=O)=O. The van der Waals surface area contributed by atoms with E-state index >= 15 is 0 Å². The number of hydrogen-bond acceptors (Lipinski definition) is 3. The summed E-state index contributed by atoms with van der Waals surface area (Å²) >= 11 is 0. The van der Waals surface area contributed by atoms with Gasteiger partial charge in [-0.2, -0.15) is 13.2 Å². The van der Waals surface area contributed by atoms with Crippen molar-refractivity contribution in [2.24, 2.45) is 4.99 Å². The van der Waals surface area contributed by atoms with Crippen LogP contribution in [-0.2, 0) is 21.4 Å². The summed E-state index contributed by atoms with van der Waals surface area (Å²) in [6, 6.07) is 5.16. The van der Waals surface area contributed by atoms with Gasteiger partial charge in [0.05, 0.1) is 11.3 Å². The molecule has 0 aliphatic heterocycles. The van der Waals surface area contributed by atoms with Crippen LogP contribution in [0.1, 0.15) is 38.3 Å². The zero-order chi connectivity index (χ0) is 20.9. The van der Waals surface area contributed by atoms with Crippen LogP contribution in [0.3, 0.4) is 0 Å². The predicted molar refractivity (Wildman–Crippen MR) is 103 cm³/mol. The third-order valence-corrected chi connectivity index (χ3v) is 5.17. The minimum atomic E-state index is -4.38. The lowest BCUT2D eigenvalue weighted by Gasteiger charge is -2.28. The van der Waals surface area contributed by atoms with Gasteiger partial charge in [-0.3, -0.25) is 4.99 Å². The molecule has 0 spiro atoms. The Morgan fingerprint density at radius 2 is 1.81 bits per heavy atom. The normalized spacial score (nSPS) is 14.7. The van der Waals surface area contributed by atoms with E-state index in [1.54, 1.807) is 13.1 Å². The largest absolute Gasteiger partial charge is 0.416 e. The smallest absolute Gasteiger partial charge is 0.356 e. The summed E-state index contributed by atoms with van der Waals surface area (Å²) in [5.41, 5.74) is -0.690. The Hall–Kier alpha value is -1.77. The van der Waals surface area contributed by atoms with Gasteiger partial charge in [-0.25, -0.2) is 8.42 Å². The Kier molecular flexibility index (Phi) is 7.71. The molecule has 0 radical (unpaired) electrons. The zero-order valence-corrected chi connectivity index (χ0v) is 17.1. The number of nitrogens with zero attached hydrogens (tertiary/aromatic N) is 1. The molecule has 0 fully saturated rings. The molecule has 27 heavy (non-hydrogen) atoms. The molecule has 0 aliphatic carbocycles. The number of rotatable bonds is 7. The Morgan fingerprint density at radius 1 is 1.22 bits per heavy atom. The summed E-state index contributed by atoms with van der Waals surface area (Å²) in [7, 11) is -1.46. The van der Waals surface area contributed by atoms with E-state index < -0.39 is 27.0 Å². The lowest BCUT2D eigenvalue weighted by Crippen LogP contribution is -2.46. The van der Waals surface area contributed by atoms with Crippen LogP contribution in [0, 0.1) is 0 Å². The highest BCUT2D eigenvalue weighted by molar-refractivity contribution is 7.90. The van der Waals surface area contributed by atoms with E-state index in [1.165, 1.54) is 12.3 Å². The van der Waals surface area contributed by atoms with E-state index in [-0.39, 0.29) is 11.8 Å². The van der Waals surface area contributed by atoms with E-state index in [0.717, 1.165) is 12.1 Å². The second-order valence-corrected chi connectivity index (χ2v) is 9.61. The number of hydrogen-bond donors (Lipinski definition) is 2. The van der Waals surface area contributed by atoms with Gasteiger partial charge in [-0.05, 0) is 25.0 Å². The molecule has 0 aliphatic rings. The summed E-state index contributed by atoms with van der Waals surface area (Å²) < 4.78 is 61.3. The Bertz CT molecular complexity index is 759. The lowest BCUT2D eigenvalue weighted by molar-refractivity contribution is -0.137. The fraction of sp³-hybridized carbons (Fsp3) is 0.611. The number of aliphatic imine (C=N–C) groups is 1. The van der Waals surface area contributed by atoms with Crippen LogP contribution in [0.4, 0.5) is 13.2 Å². The molecule has 154 valence electrons. The van der Waals surface area contributed by atoms with Crippen molar-refractivity contribution < 1.29 is 21.6 Å². The van der Waals surface area contributed by atoms with Crippen LogP contribution in [0.15, 0.2) is 29.3 Å². The average molecular weight is 408 g/mol. The molecular formula is C18H28F3N3O2S. The van der Waals surface area contributed by atoms with Gasteiger partial charge >= 0.3 is 6.18 Å². The van der Waals surface area contributed by atoms with E-state index in [1.807, 2.05) is 20.8 Å². The first-order chi connectivity index (χ1) is 12.2. The Balaban J connectivity index is 2.73. The zero-order valence-electron chi connectivity index (χ0n) is 16.3. The second-order valence-electron chi connectivity index (χ2n) is 7.35. The molecule has 0 heterocycles. The van der Waals surface area contributed by atoms with Gasteiger partial charge in [0.1, 0.15) is 9.84 Å². The van der Waals surface area contributed by atoms with Crippen molar-refractivity contribution in [3.63, 3.8) is 0 Å². The maximum Gasteiger partial charge on any atom is 0.416 e. The molecule has 5 nitrogen and oxygen atoms in total. The van der Waals surface area contributed by atoms with Gasteiger partial charge < -0.3 is 10.6 Å². The molecule has 1 unspecified atom stereocenters. The second kappa shape index (κ2) is 8.95. The molecule has 0 saturated carbocycles. The topological polar surface area (TPSA) is 70.6 Å². The van der Waals surface area contributed by atoms with Crippen molar-refractivity contribution in [1.82, 2.24) is 10.6 Å². The van der Waals surface area contributed by atoms with Crippen molar-refractivity contribution in [2.75, 3.05) is 25.6 Å². The van der Waals surface area contributed by atoms with Gasteiger partial charge in [0, 0.05) is 31.3 Å². The van der Waals surface area contributed by atoms with Gasteiger partial charge in [-0.15, -0.1) is 0 Å². The number of benzene rings is 1. The van der Waals surface area contributed by atoms with Crippen LogP contribution in [-0.4, -0.2) is 46.0 Å². The van der Waals surface area contributed by atoms with Crippen LogP contribution < -0.4 is 10.6 Å². The minimum Gasteiger partial charge on any atom is -0.356 e. The maximum absolute atomic E-state index is 12.9. The monoisotopic (exact) mass is 407 g/mol. The van der Waals surface area contributed by atoms with Crippen LogP contribution in [0.5, 0.6) is 0 Å². The van der Waals surface area contributed by atoms with E-state index in [4.69, 9.17) is 0 Å². The summed E-state index contributed by atoms with van der Waals surface area (Å²) in [5.74, 6) is 0.532. The molecule has 1 rings (SSSR count). The van der Waals surface area contributed by atoms with Crippen molar-refractivity contribution in [3.8, 4) is 0 Å². The highest BCUT2D eigenvalue weighted by Gasteiger charge is 2.32. The van der Waals surface area contributed by atoms with Gasteiger partial charge in [-0.1, -0.05) is 32.0 Å². The maximum atomic E-state index is 12.9. The molecule has 1 aromatic carbocycles. The third kappa shape index (κ3) is 8.19. The van der Waals surface area contributed by atoms with Crippen LogP contribution in [0.2, 0.25) is 0 Å². The first kappa shape index (κ1) is 23.3. The molecule has 9 heteroatoms. The fourth-order valence-corrected chi connectivity index (χ4v) is 3.20. The quantitative estimate of drug-likeness (QED) is 0.539. The first-order valence-electron chi connectivity index (χ1n) is 8.57. The van der Waals surface area contributed by atoms with Crippen molar-refractivity contribution in [1.29, 1.82) is 0 Å². The van der Waals surface area contributed by atoms with Crippen LogP contribution >= 0.6 is 0 Å². The number of halogens is 3. The standard InChI is InChI=1S/C18H28F3N3O2S/c1-13(9-10-27(5,25)26)24-16(22-4)23-12-17(2,3)14-7-6-8-15(11-14)18(19,20)21/h6-8,11,13H,9-10,12H2,1-5H3,(H2,22,23,24). The predicted octanol–water partition coefficient (Wildman–Crippen LogP) is 2.97. The van der Waals surface area contributed by atoms with Crippen molar-refractivity contribution >= 4 is 15.8 Å². The number of nitrogens with one attached hydrogen (secondary N) is 2. The molecular weight excluding hydrogens is 379 g/mol. The van der Waals surface area contributed by atoms with Gasteiger partial charge in [0.15, 0.2) is 5.96 Å². The average Bonchev–Trinajstić information content (AvgIpc) is 2.55. The number of guanidine groups is 1. The Labute approximate surface area is 159 Å². The lowest BCUT2D eigenvalue weighted by atomic mass is 9.84. The molecule has 0 aromatic heterocycles. The third-order valence-electron chi connectivity index (χ3n) is 4.20. The van der Waals surface area contributed by atoms with Crippen LogP contribution in [0.25, 0.3) is 0 Å². The first-order valence-corrected chi connectivity index (χ1v) is 10.6. The highest BCUT2D eigenvalue weighted by atomic mass is 32.2. The van der Waals surface area contributed by atoms with Crippen molar-refractivity contribution in [2.45, 2.75) is 44.8 Å². The van der Waals surface area contributed by atoms with Crippen molar-refractivity contribution in [3.05, 3.63) is 35.4 Å². The molecule has 2 N–H and O–H groups in total. The summed E-state index contributed by atoms with van der Waals surface area (Å²) in [5, 5.41) is 6.20. The highest BCUT2D eigenvalue weighted by Crippen LogP contribution is 2.32. The van der Waals surface area contributed by atoms with E-state index in [2.05, 4.69) is 15.6 Å². The minimum absolute atomic E-state index is 0.0634. The molecule has 0 amide bonds. The fourth-order valence-electron chi connectivity index (χ4n) is 2.41. The number of alkyl halides is 3. The Morgan fingerprint density at radius 3 is 2.33 bits per heavy atom. The van der Waals surface area contributed by atoms with E-state index in [9.17, 15) is 21.6 Å². The summed E-state index contributed by atoms with van der Waals surface area (Å²) in [4.78, 5) is 4.09. The number of sulfone groups is 1. The van der Waals surface area contributed by atoms with Gasteiger partial charge in [0.25, 0.3) is 0 Å².